The van der Waals surface area contributed by atoms with Crippen LogP contribution < -0.4 is 0 Å². The Morgan fingerprint density at radius 1 is 1.10 bits per heavy atom. The van der Waals surface area contributed by atoms with Crippen LogP contribution in [0, 0.1) is 5.92 Å². The Hall–Kier alpha value is -2.15. The van der Waals surface area contributed by atoms with Gasteiger partial charge in [0.05, 0.1) is 11.4 Å². The van der Waals surface area contributed by atoms with E-state index in [-0.39, 0.29) is 5.91 Å². The average molecular weight is 455 g/mol. The van der Waals surface area contributed by atoms with Gasteiger partial charge in [-0.2, -0.15) is 5.10 Å². The Morgan fingerprint density at radius 2 is 1.84 bits per heavy atom. The van der Waals surface area contributed by atoms with Crippen molar-refractivity contribution in [1.82, 2.24) is 19.6 Å². The number of amides is 1. The van der Waals surface area contributed by atoms with E-state index in [9.17, 15) is 4.79 Å². The number of carbonyl (C=O) groups is 1. The molecule has 3 heterocycles. The van der Waals surface area contributed by atoms with Gasteiger partial charge in [-0.05, 0) is 54.5 Å². The first-order valence-electron chi connectivity index (χ1n) is 11.0. The predicted molar refractivity (Wildman–Crippen MR) is 126 cm³/mol. The van der Waals surface area contributed by atoms with Gasteiger partial charge in [-0.3, -0.25) is 9.69 Å². The molecule has 3 aromatic rings. The SMILES string of the molecule is CC(C)CN1CCN(C(=O)c2nn(-c3ccc(Cl)cc3)c3c2CCc2sccc2-3)CC1. The number of benzene rings is 1. The summed E-state index contributed by atoms with van der Waals surface area (Å²) in [5, 5.41) is 7.71. The molecule has 0 radical (unpaired) electrons. The normalized spacial score (nSPS) is 16.5. The zero-order valence-electron chi connectivity index (χ0n) is 18.0. The second-order valence-corrected chi connectivity index (χ2v) is 10.2. The highest BCUT2D eigenvalue weighted by Gasteiger charge is 2.32. The molecule has 1 aromatic carbocycles. The predicted octanol–water partition coefficient (Wildman–Crippen LogP) is 4.77. The number of hydrogen-bond acceptors (Lipinski definition) is 4. The minimum Gasteiger partial charge on any atom is -0.335 e. The third-order valence-corrected chi connectivity index (χ3v) is 7.38. The Labute approximate surface area is 192 Å². The van der Waals surface area contributed by atoms with Gasteiger partial charge in [0.15, 0.2) is 5.69 Å². The van der Waals surface area contributed by atoms with Gasteiger partial charge in [-0.25, -0.2) is 4.68 Å². The van der Waals surface area contributed by atoms with E-state index < -0.39 is 0 Å². The number of halogens is 1. The van der Waals surface area contributed by atoms with E-state index in [2.05, 4.69) is 30.2 Å². The van der Waals surface area contributed by atoms with Crippen molar-refractivity contribution < 1.29 is 4.79 Å². The van der Waals surface area contributed by atoms with Crippen LogP contribution in [0.1, 0.15) is 34.8 Å². The summed E-state index contributed by atoms with van der Waals surface area (Å²) in [5.41, 5.74) is 4.89. The molecular weight excluding hydrogens is 428 g/mol. The van der Waals surface area contributed by atoms with Crippen molar-refractivity contribution in [1.29, 1.82) is 0 Å². The van der Waals surface area contributed by atoms with Crippen molar-refractivity contribution >= 4 is 28.8 Å². The van der Waals surface area contributed by atoms with Crippen LogP contribution in [0.5, 0.6) is 0 Å². The van der Waals surface area contributed by atoms with Crippen molar-refractivity contribution in [2.45, 2.75) is 26.7 Å². The summed E-state index contributed by atoms with van der Waals surface area (Å²) in [6.45, 7) is 8.95. The molecular formula is C24H27ClN4OS. The van der Waals surface area contributed by atoms with Crippen molar-refractivity contribution in [3.63, 3.8) is 0 Å². The zero-order valence-corrected chi connectivity index (χ0v) is 19.5. The molecule has 0 atom stereocenters. The van der Waals surface area contributed by atoms with Crippen LogP contribution >= 0.6 is 22.9 Å². The van der Waals surface area contributed by atoms with Crippen LogP contribution in [0.2, 0.25) is 5.02 Å². The topological polar surface area (TPSA) is 41.4 Å². The minimum atomic E-state index is 0.0619. The number of carbonyl (C=O) groups excluding carboxylic acids is 1. The number of piperazine rings is 1. The number of aromatic nitrogens is 2. The van der Waals surface area contributed by atoms with Gasteiger partial charge in [0.2, 0.25) is 0 Å². The summed E-state index contributed by atoms with van der Waals surface area (Å²) in [4.78, 5) is 19.4. The molecule has 162 valence electrons. The van der Waals surface area contributed by atoms with Crippen LogP contribution in [-0.2, 0) is 12.8 Å². The van der Waals surface area contributed by atoms with Gasteiger partial charge in [0, 0.05) is 53.8 Å². The Morgan fingerprint density at radius 3 is 2.55 bits per heavy atom. The van der Waals surface area contributed by atoms with Crippen molar-refractivity contribution in [2.75, 3.05) is 32.7 Å². The molecule has 0 bridgehead atoms. The monoisotopic (exact) mass is 454 g/mol. The number of aryl methyl sites for hydroxylation is 1. The molecule has 2 aromatic heterocycles. The summed E-state index contributed by atoms with van der Waals surface area (Å²) in [5.74, 6) is 0.705. The van der Waals surface area contributed by atoms with Crippen LogP contribution in [0.15, 0.2) is 35.7 Å². The lowest BCUT2D eigenvalue weighted by Gasteiger charge is -2.35. The largest absolute Gasteiger partial charge is 0.335 e. The van der Waals surface area contributed by atoms with Crippen LogP contribution in [0.4, 0.5) is 0 Å². The minimum absolute atomic E-state index is 0.0619. The van der Waals surface area contributed by atoms with Crippen molar-refractivity contribution in [2.24, 2.45) is 5.92 Å². The highest BCUT2D eigenvalue weighted by Crippen LogP contribution is 2.39. The van der Waals surface area contributed by atoms with E-state index in [0.29, 0.717) is 16.6 Å². The standard InChI is InChI=1S/C24H27ClN4OS/c1-16(2)15-27-10-12-28(13-11-27)24(30)22-20-7-8-21-19(9-14-31-21)23(20)29(26-22)18-5-3-17(25)4-6-18/h3-6,9,14,16H,7-8,10-13,15H2,1-2H3. The fourth-order valence-electron chi connectivity index (χ4n) is 4.69. The molecule has 0 saturated carbocycles. The second-order valence-electron chi connectivity index (χ2n) is 8.81. The summed E-state index contributed by atoms with van der Waals surface area (Å²) in [6, 6.07) is 9.84. The molecule has 1 saturated heterocycles. The fourth-order valence-corrected chi connectivity index (χ4v) is 5.69. The number of thiophene rings is 1. The molecule has 2 aliphatic rings. The second kappa shape index (κ2) is 8.41. The third kappa shape index (κ3) is 3.93. The Bertz CT molecular complexity index is 1090. The van der Waals surface area contributed by atoms with E-state index in [1.54, 1.807) is 11.3 Å². The molecule has 0 spiro atoms. The lowest BCUT2D eigenvalue weighted by atomic mass is 9.94. The molecule has 1 amide bonds. The average Bonchev–Trinajstić information content (AvgIpc) is 3.38. The van der Waals surface area contributed by atoms with Gasteiger partial charge >= 0.3 is 0 Å². The number of hydrogen-bond donors (Lipinski definition) is 0. The van der Waals surface area contributed by atoms with Crippen molar-refractivity contribution in [3.05, 3.63) is 56.9 Å². The van der Waals surface area contributed by atoms with Gasteiger partial charge in [-0.1, -0.05) is 25.4 Å². The van der Waals surface area contributed by atoms with Gasteiger partial charge in [-0.15, -0.1) is 11.3 Å². The molecule has 1 aliphatic heterocycles. The number of nitrogens with zero attached hydrogens (tertiary/aromatic N) is 4. The van der Waals surface area contributed by atoms with E-state index in [1.807, 2.05) is 33.8 Å². The lowest BCUT2D eigenvalue weighted by molar-refractivity contribution is 0.0616. The van der Waals surface area contributed by atoms with Gasteiger partial charge in [0.1, 0.15) is 0 Å². The highest BCUT2D eigenvalue weighted by molar-refractivity contribution is 7.10. The van der Waals surface area contributed by atoms with Crippen LogP contribution in [-0.4, -0.2) is 58.2 Å². The maximum Gasteiger partial charge on any atom is 0.274 e. The van der Waals surface area contributed by atoms with E-state index in [1.165, 1.54) is 10.4 Å². The molecule has 1 aliphatic carbocycles. The zero-order chi connectivity index (χ0) is 21.5. The Kier molecular flexibility index (Phi) is 5.63. The Balaban J connectivity index is 1.50. The maximum absolute atomic E-state index is 13.6. The summed E-state index contributed by atoms with van der Waals surface area (Å²) >= 11 is 7.90. The maximum atomic E-state index is 13.6. The molecule has 0 unspecified atom stereocenters. The summed E-state index contributed by atoms with van der Waals surface area (Å²) in [7, 11) is 0. The molecule has 31 heavy (non-hydrogen) atoms. The van der Waals surface area contributed by atoms with E-state index in [0.717, 1.165) is 62.5 Å². The number of fused-ring (bicyclic) bond motifs is 3. The molecule has 1 fully saturated rings. The third-order valence-electron chi connectivity index (χ3n) is 6.14. The first-order valence-corrected chi connectivity index (χ1v) is 12.2. The van der Waals surface area contributed by atoms with Crippen LogP contribution in [0.25, 0.3) is 16.9 Å². The lowest BCUT2D eigenvalue weighted by Crippen LogP contribution is -2.49. The van der Waals surface area contributed by atoms with E-state index in [4.69, 9.17) is 16.7 Å². The first-order chi connectivity index (χ1) is 15.0. The quantitative estimate of drug-likeness (QED) is 0.570. The smallest absolute Gasteiger partial charge is 0.274 e. The molecule has 7 heteroatoms. The first kappa shape index (κ1) is 20.7. The summed E-state index contributed by atoms with van der Waals surface area (Å²) < 4.78 is 1.94. The van der Waals surface area contributed by atoms with Gasteiger partial charge in [0.25, 0.3) is 5.91 Å². The van der Waals surface area contributed by atoms with Gasteiger partial charge < -0.3 is 4.90 Å². The molecule has 0 N–H and O–H groups in total. The van der Waals surface area contributed by atoms with Crippen LogP contribution in [0.3, 0.4) is 0 Å². The number of rotatable bonds is 4. The van der Waals surface area contributed by atoms with Crippen molar-refractivity contribution in [3.8, 4) is 16.9 Å². The van der Waals surface area contributed by atoms with E-state index >= 15 is 0 Å². The summed E-state index contributed by atoms with van der Waals surface area (Å²) in [6.07, 6.45) is 1.82. The molecule has 5 rings (SSSR count). The highest BCUT2D eigenvalue weighted by atomic mass is 35.5. The molecule has 5 nitrogen and oxygen atoms in total. The fraction of sp³-hybridized carbons (Fsp3) is 0.417.